The van der Waals surface area contributed by atoms with Crippen molar-refractivity contribution in [2.45, 2.75) is 52.6 Å². The predicted octanol–water partition coefficient (Wildman–Crippen LogP) is 5.98. The highest BCUT2D eigenvalue weighted by atomic mass is 19.1. The van der Waals surface area contributed by atoms with Crippen LogP contribution in [0.2, 0.25) is 0 Å². The molecule has 2 saturated heterocycles. The third-order valence-corrected chi connectivity index (χ3v) is 7.40. The van der Waals surface area contributed by atoms with Gasteiger partial charge >= 0.3 is 6.03 Å². The van der Waals surface area contributed by atoms with Crippen LogP contribution < -0.4 is 15.4 Å². The van der Waals surface area contributed by atoms with Crippen molar-refractivity contribution in [1.29, 1.82) is 0 Å². The van der Waals surface area contributed by atoms with Gasteiger partial charge in [-0.15, -0.1) is 0 Å². The van der Waals surface area contributed by atoms with E-state index in [4.69, 9.17) is 9.47 Å². The van der Waals surface area contributed by atoms with Gasteiger partial charge < -0.3 is 20.1 Å². The number of hydrogen-bond acceptors (Lipinski definition) is 5. The van der Waals surface area contributed by atoms with Crippen molar-refractivity contribution in [1.82, 2.24) is 10.2 Å². The van der Waals surface area contributed by atoms with E-state index < -0.39 is 41.7 Å². The summed E-state index contributed by atoms with van der Waals surface area (Å²) in [5, 5.41) is 5.31. The number of carbonyl (C=O) groups is 3. The topological polar surface area (TPSA) is 97.0 Å². The summed E-state index contributed by atoms with van der Waals surface area (Å²) in [5.41, 5.74) is 1.97. The molecule has 0 aromatic heterocycles. The number of hydrogen-bond donors (Lipinski definition) is 2. The molecule has 2 aliphatic rings. The van der Waals surface area contributed by atoms with Crippen molar-refractivity contribution in [3.05, 3.63) is 95.3 Å². The van der Waals surface area contributed by atoms with Crippen LogP contribution in [-0.2, 0) is 14.3 Å². The molecule has 4 amide bonds. The van der Waals surface area contributed by atoms with Gasteiger partial charge in [0.05, 0.1) is 25.5 Å². The summed E-state index contributed by atoms with van der Waals surface area (Å²) in [7, 11) is 0. The summed E-state index contributed by atoms with van der Waals surface area (Å²) in [6, 6.07) is 17.6. The molecule has 9 heteroatoms. The molecule has 2 fully saturated rings. The smallest absolute Gasteiger partial charge is 0.325 e. The summed E-state index contributed by atoms with van der Waals surface area (Å²) < 4.78 is 25.7. The van der Waals surface area contributed by atoms with Crippen LogP contribution in [0.3, 0.4) is 0 Å². The summed E-state index contributed by atoms with van der Waals surface area (Å²) >= 11 is 0. The van der Waals surface area contributed by atoms with Crippen LogP contribution >= 0.6 is 0 Å². The number of nitrogens with zero attached hydrogens (tertiary/aromatic N) is 1. The second-order valence-corrected chi connectivity index (χ2v) is 10.9. The molecule has 5 rings (SSSR count). The van der Waals surface area contributed by atoms with Gasteiger partial charge in [-0.3, -0.25) is 9.59 Å². The number of anilines is 1. The maximum Gasteiger partial charge on any atom is 0.325 e. The monoisotopic (exact) mass is 575 g/mol. The van der Waals surface area contributed by atoms with E-state index in [1.807, 2.05) is 44.2 Å². The molecule has 2 aliphatic heterocycles. The average molecular weight is 576 g/mol. The molecular formula is C33H38FN3O5. The van der Waals surface area contributed by atoms with E-state index in [2.05, 4.69) is 17.6 Å². The van der Waals surface area contributed by atoms with Crippen molar-refractivity contribution in [3.63, 3.8) is 0 Å². The third-order valence-electron chi connectivity index (χ3n) is 7.40. The van der Waals surface area contributed by atoms with Gasteiger partial charge in [-0.25, -0.2) is 14.1 Å². The van der Waals surface area contributed by atoms with Gasteiger partial charge in [0.2, 0.25) is 5.91 Å². The molecule has 2 N–H and O–H groups in total. The zero-order valence-corrected chi connectivity index (χ0v) is 24.6. The molecular weight excluding hydrogens is 537 g/mol. The molecule has 8 nitrogen and oxygen atoms in total. The Balaban J connectivity index is 0.00000198. The highest BCUT2D eigenvalue weighted by Crippen LogP contribution is 2.32. The SMILES string of the molecule is CC.Cc1ccc(NC(=O)C(C(C)c2ccccc2)N2C(=O)N[C@H](c3ccc(OCC4(C)COC4)cc3)C2=O)c(F)c1. The van der Waals surface area contributed by atoms with E-state index in [0.29, 0.717) is 36.7 Å². The Morgan fingerprint density at radius 2 is 1.76 bits per heavy atom. The first-order valence-corrected chi connectivity index (χ1v) is 14.2. The maximum atomic E-state index is 14.6. The molecule has 222 valence electrons. The number of benzene rings is 3. The van der Waals surface area contributed by atoms with Crippen molar-refractivity contribution in [2.24, 2.45) is 5.41 Å². The first kappa shape index (κ1) is 30.7. The molecule has 3 atom stereocenters. The fraction of sp³-hybridized carbons (Fsp3) is 0.364. The Hall–Kier alpha value is -4.24. The molecule has 2 heterocycles. The van der Waals surface area contributed by atoms with Crippen LogP contribution in [0.5, 0.6) is 5.75 Å². The van der Waals surface area contributed by atoms with E-state index in [0.717, 1.165) is 10.5 Å². The predicted molar refractivity (Wildman–Crippen MR) is 159 cm³/mol. The van der Waals surface area contributed by atoms with E-state index in [9.17, 15) is 18.8 Å². The lowest BCUT2D eigenvalue weighted by Crippen LogP contribution is -2.50. The number of carbonyl (C=O) groups excluding carboxylic acids is 3. The van der Waals surface area contributed by atoms with Gasteiger partial charge in [-0.05, 0) is 47.9 Å². The molecule has 3 aromatic carbocycles. The van der Waals surface area contributed by atoms with Gasteiger partial charge in [-0.2, -0.15) is 0 Å². The van der Waals surface area contributed by atoms with Crippen molar-refractivity contribution >= 4 is 23.5 Å². The Bertz CT molecular complexity index is 1410. The highest BCUT2D eigenvalue weighted by molar-refractivity contribution is 6.10. The lowest BCUT2D eigenvalue weighted by molar-refractivity contribution is -0.134. The van der Waals surface area contributed by atoms with E-state index in [1.54, 1.807) is 44.2 Å². The molecule has 0 bridgehead atoms. The number of imide groups is 1. The van der Waals surface area contributed by atoms with Crippen molar-refractivity contribution < 1.29 is 28.2 Å². The lowest BCUT2D eigenvalue weighted by Gasteiger charge is -2.37. The molecule has 0 radical (unpaired) electrons. The van der Waals surface area contributed by atoms with Crippen LogP contribution in [0, 0.1) is 18.2 Å². The summed E-state index contributed by atoms with van der Waals surface area (Å²) in [6.45, 7) is 11.4. The number of nitrogens with one attached hydrogen (secondary N) is 2. The molecule has 0 saturated carbocycles. The standard InChI is InChI=1S/C31H32FN3O5.C2H6/c1-19-9-14-25(24(32)15-19)33-28(36)27(20(2)21-7-5-4-6-8-21)35-29(37)26(34-30(35)38)22-10-12-23(13-11-22)40-18-31(3)16-39-17-31;1-2/h4-15,20,26-27H,16-18H2,1-3H3,(H,33,36)(H,34,38);1-2H3/t20?,26-,27?;/m1./s1. The summed E-state index contributed by atoms with van der Waals surface area (Å²) in [5.74, 6) is -1.77. The molecule has 0 spiro atoms. The van der Waals surface area contributed by atoms with Gasteiger partial charge in [-0.1, -0.05) is 76.2 Å². The van der Waals surface area contributed by atoms with Crippen LogP contribution in [-0.4, -0.2) is 48.6 Å². The van der Waals surface area contributed by atoms with Crippen LogP contribution in [0.4, 0.5) is 14.9 Å². The second-order valence-electron chi connectivity index (χ2n) is 10.9. The molecule has 2 unspecified atom stereocenters. The number of amides is 4. The van der Waals surface area contributed by atoms with Crippen LogP contribution in [0.1, 0.15) is 56.3 Å². The number of ether oxygens (including phenoxy) is 2. The van der Waals surface area contributed by atoms with Gasteiger partial charge in [0.15, 0.2) is 0 Å². The number of halogens is 1. The Kier molecular flexibility index (Phi) is 9.63. The Morgan fingerprint density at radius 1 is 1.10 bits per heavy atom. The molecule has 0 aliphatic carbocycles. The zero-order chi connectivity index (χ0) is 30.4. The Labute approximate surface area is 246 Å². The maximum absolute atomic E-state index is 14.6. The zero-order valence-electron chi connectivity index (χ0n) is 24.6. The summed E-state index contributed by atoms with van der Waals surface area (Å²) in [6.07, 6.45) is 0. The van der Waals surface area contributed by atoms with E-state index >= 15 is 0 Å². The second kappa shape index (κ2) is 13.2. The summed E-state index contributed by atoms with van der Waals surface area (Å²) in [4.78, 5) is 41.5. The highest BCUT2D eigenvalue weighted by Gasteiger charge is 2.47. The largest absolute Gasteiger partial charge is 0.493 e. The normalized spacial score (nSPS) is 18.6. The molecule has 42 heavy (non-hydrogen) atoms. The molecule has 3 aromatic rings. The van der Waals surface area contributed by atoms with E-state index in [1.165, 1.54) is 12.1 Å². The number of urea groups is 1. The number of aryl methyl sites for hydroxylation is 1. The van der Waals surface area contributed by atoms with Crippen molar-refractivity contribution in [3.8, 4) is 5.75 Å². The fourth-order valence-corrected chi connectivity index (χ4v) is 4.97. The lowest BCUT2D eigenvalue weighted by atomic mass is 9.90. The van der Waals surface area contributed by atoms with Crippen molar-refractivity contribution in [2.75, 3.05) is 25.1 Å². The first-order chi connectivity index (χ1) is 20.1. The minimum atomic E-state index is -1.23. The van der Waals surface area contributed by atoms with Gasteiger partial charge in [0.25, 0.3) is 5.91 Å². The quantitative estimate of drug-likeness (QED) is 0.306. The Morgan fingerprint density at radius 3 is 2.36 bits per heavy atom. The van der Waals surface area contributed by atoms with Crippen LogP contribution in [0.15, 0.2) is 72.8 Å². The average Bonchev–Trinajstić information content (AvgIpc) is 3.27. The minimum Gasteiger partial charge on any atom is -0.493 e. The minimum absolute atomic E-state index is 0.0128. The van der Waals surface area contributed by atoms with Gasteiger partial charge in [0.1, 0.15) is 23.7 Å². The third kappa shape index (κ3) is 6.62. The number of rotatable bonds is 9. The van der Waals surface area contributed by atoms with Gasteiger partial charge in [0, 0.05) is 11.3 Å². The van der Waals surface area contributed by atoms with Crippen LogP contribution in [0.25, 0.3) is 0 Å². The van der Waals surface area contributed by atoms with E-state index in [-0.39, 0.29) is 11.1 Å². The fourth-order valence-electron chi connectivity index (χ4n) is 4.97. The first-order valence-electron chi connectivity index (χ1n) is 14.2.